The normalized spacial score (nSPS) is 19.3. The standard InChI is InChI=1S/C22H20F2N2O3/c23-16-8-14(9-17(24)11-16)10-22(28)26-7-5-21(19(27)13-26)29-20-3-1-2-15-12-25-6-4-18(15)20/h1-4,6,8-9,11-12,19,21,27H,5,7,10,13H2/t19-,21-/m1/s1. The summed E-state index contributed by atoms with van der Waals surface area (Å²) in [5, 5.41) is 12.4. The van der Waals surface area contributed by atoms with E-state index in [0.29, 0.717) is 18.7 Å². The first-order valence-corrected chi connectivity index (χ1v) is 9.40. The maximum atomic E-state index is 13.3. The number of nitrogens with zero attached hydrogens (tertiary/aromatic N) is 2. The lowest BCUT2D eigenvalue weighted by molar-refractivity contribution is -0.136. The van der Waals surface area contributed by atoms with Gasteiger partial charge in [0.25, 0.3) is 0 Å². The topological polar surface area (TPSA) is 62.7 Å². The van der Waals surface area contributed by atoms with Gasteiger partial charge in [0.15, 0.2) is 0 Å². The Hall–Kier alpha value is -3.06. The second-order valence-corrected chi connectivity index (χ2v) is 7.16. The summed E-state index contributed by atoms with van der Waals surface area (Å²) in [5.74, 6) is -1.07. The van der Waals surface area contributed by atoms with Crippen molar-refractivity contribution in [2.24, 2.45) is 0 Å². The van der Waals surface area contributed by atoms with Crippen LogP contribution >= 0.6 is 0 Å². The monoisotopic (exact) mass is 398 g/mol. The largest absolute Gasteiger partial charge is 0.487 e. The van der Waals surface area contributed by atoms with Crippen LogP contribution in [0.4, 0.5) is 8.78 Å². The first-order valence-electron chi connectivity index (χ1n) is 9.40. The Morgan fingerprint density at radius 3 is 2.76 bits per heavy atom. The van der Waals surface area contributed by atoms with Crippen molar-refractivity contribution in [3.63, 3.8) is 0 Å². The number of hydrogen-bond donors (Lipinski definition) is 1. The van der Waals surface area contributed by atoms with E-state index >= 15 is 0 Å². The number of hydrogen-bond acceptors (Lipinski definition) is 4. The molecule has 3 aromatic rings. The molecule has 29 heavy (non-hydrogen) atoms. The Balaban J connectivity index is 1.40. The average Bonchev–Trinajstić information content (AvgIpc) is 2.69. The molecule has 1 aliphatic rings. The van der Waals surface area contributed by atoms with Gasteiger partial charge in [0.2, 0.25) is 5.91 Å². The highest BCUT2D eigenvalue weighted by molar-refractivity contribution is 5.87. The summed E-state index contributed by atoms with van der Waals surface area (Å²) in [5.41, 5.74) is 0.268. The van der Waals surface area contributed by atoms with E-state index in [1.54, 1.807) is 12.4 Å². The zero-order valence-electron chi connectivity index (χ0n) is 15.6. The van der Waals surface area contributed by atoms with E-state index in [1.807, 2.05) is 24.3 Å². The molecule has 1 amide bonds. The molecule has 150 valence electrons. The number of halogens is 2. The molecule has 1 aliphatic heterocycles. The molecule has 0 aliphatic carbocycles. The Kier molecular flexibility index (Phi) is 5.40. The van der Waals surface area contributed by atoms with Crippen molar-refractivity contribution in [3.8, 4) is 5.75 Å². The summed E-state index contributed by atoms with van der Waals surface area (Å²) in [6.45, 7) is 0.498. The van der Waals surface area contributed by atoms with Gasteiger partial charge < -0.3 is 14.7 Å². The van der Waals surface area contributed by atoms with Gasteiger partial charge in [0.05, 0.1) is 13.0 Å². The number of ether oxygens (including phenoxy) is 1. The molecule has 1 fully saturated rings. The van der Waals surface area contributed by atoms with Gasteiger partial charge in [-0.05, 0) is 29.8 Å². The van der Waals surface area contributed by atoms with Crippen molar-refractivity contribution in [1.29, 1.82) is 0 Å². The average molecular weight is 398 g/mol. The van der Waals surface area contributed by atoms with Crippen LogP contribution in [0.25, 0.3) is 10.8 Å². The van der Waals surface area contributed by atoms with Gasteiger partial charge in [-0.15, -0.1) is 0 Å². The molecule has 5 nitrogen and oxygen atoms in total. The molecule has 7 heteroatoms. The van der Waals surface area contributed by atoms with Gasteiger partial charge >= 0.3 is 0 Å². The number of fused-ring (bicyclic) bond motifs is 1. The van der Waals surface area contributed by atoms with Crippen LogP contribution in [0.5, 0.6) is 5.75 Å². The van der Waals surface area contributed by atoms with Gasteiger partial charge in [0, 0.05) is 42.2 Å². The molecule has 1 aromatic heterocycles. The predicted octanol–water partition coefficient (Wildman–Crippen LogP) is 3.10. The molecule has 2 heterocycles. The lowest BCUT2D eigenvalue weighted by Crippen LogP contribution is -2.51. The van der Waals surface area contributed by atoms with Crippen LogP contribution in [0.15, 0.2) is 54.9 Å². The Bertz CT molecular complexity index is 1020. The molecule has 0 radical (unpaired) electrons. The van der Waals surface area contributed by atoms with Gasteiger partial charge in [0.1, 0.15) is 29.6 Å². The summed E-state index contributed by atoms with van der Waals surface area (Å²) in [6, 6.07) is 10.5. The maximum absolute atomic E-state index is 13.3. The highest BCUT2D eigenvalue weighted by Gasteiger charge is 2.32. The van der Waals surface area contributed by atoms with E-state index in [4.69, 9.17) is 4.74 Å². The predicted molar refractivity (Wildman–Crippen MR) is 103 cm³/mol. The first-order chi connectivity index (χ1) is 14.0. The van der Waals surface area contributed by atoms with E-state index in [2.05, 4.69) is 4.98 Å². The van der Waals surface area contributed by atoms with Gasteiger partial charge in [-0.3, -0.25) is 9.78 Å². The van der Waals surface area contributed by atoms with E-state index in [9.17, 15) is 18.7 Å². The number of carbonyl (C=O) groups excluding carboxylic acids is 1. The maximum Gasteiger partial charge on any atom is 0.227 e. The third-order valence-electron chi connectivity index (χ3n) is 5.07. The minimum absolute atomic E-state index is 0.105. The van der Waals surface area contributed by atoms with Crippen LogP contribution in [-0.4, -0.2) is 46.2 Å². The summed E-state index contributed by atoms with van der Waals surface area (Å²) in [7, 11) is 0. The summed E-state index contributed by atoms with van der Waals surface area (Å²) in [4.78, 5) is 18.1. The number of pyridine rings is 1. The second-order valence-electron chi connectivity index (χ2n) is 7.16. The van der Waals surface area contributed by atoms with Crippen molar-refractivity contribution in [2.75, 3.05) is 13.1 Å². The summed E-state index contributed by atoms with van der Waals surface area (Å²) >= 11 is 0. The molecule has 4 rings (SSSR count). The number of benzene rings is 2. The fourth-order valence-electron chi connectivity index (χ4n) is 3.63. The molecule has 2 atom stereocenters. The fourth-order valence-corrected chi connectivity index (χ4v) is 3.63. The highest BCUT2D eigenvalue weighted by Crippen LogP contribution is 2.28. The number of amides is 1. The van der Waals surface area contributed by atoms with Crippen molar-refractivity contribution < 1.29 is 23.4 Å². The van der Waals surface area contributed by atoms with E-state index in [-0.39, 0.29) is 24.4 Å². The minimum atomic E-state index is -0.867. The van der Waals surface area contributed by atoms with Crippen LogP contribution in [0.3, 0.4) is 0 Å². The number of piperidine rings is 1. The molecule has 1 N–H and O–H groups in total. The highest BCUT2D eigenvalue weighted by atomic mass is 19.1. The van der Waals surface area contributed by atoms with Crippen LogP contribution in [0.2, 0.25) is 0 Å². The lowest BCUT2D eigenvalue weighted by Gasteiger charge is -2.36. The minimum Gasteiger partial charge on any atom is -0.487 e. The number of aliphatic hydroxyl groups is 1. The van der Waals surface area contributed by atoms with Gasteiger partial charge in [-0.1, -0.05) is 12.1 Å². The second kappa shape index (κ2) is 8.13. The van der Waals surface area contributed by atoms with Crippen LogP contribution in [0.1, 0.15) is 12.0 Å². The summed E-state index contributed by atoms with van der Waals surface area (Å²) < 4.78 is 32.7. The SMILES string of the molecule is O=C(Cc1cc(F)cc(F)c1)N1CC[C@@H](Oc2cccc3cnccc23)[C@H](O)C1. The smallest absolute Gasteiger partial charge is 0.227 e. The van der Waals surface area contributed by atoms with Gasteiger partial charge in [-0.25, -0.2) is 8.78 Å². The van der Waals surface area contributed by atoms with Gasteiger partial charge in [-0.2, -0.15) is 0 Å². The molecular weight excluding hydrogens is 378 g/mol. The third kappa shape index (κ3) is 4.35. The Morgan fingerprint density at radius 2 is 2.00 bits per heavy atom. The molecule has 0 saturated carbocycles. The first kappa shape index (κ1) is 19.3. The third-order valence-corrected chi connectivity index (χ3v) is 5.07. The van der Waals surface area contributed by atoms with Crippen molar-refractivity contribution >= 4 is 16.7 Å². The van der Waals surface area contributed by atoms with Crippen LogP contribution < -0.4 is 4.74 Å². The molecule has 0 bridgehead atoms. The van der Waals surface area contributed by atoms with Crippen molar-refractivity contribution in [1.82, 2.24) is 9.88 Å². The van der Waals surface area contributed by atoms with Crippen molar-refractivity contribution in [3.05, 3.63) is 72.1 Å². The van der Waals surface area contributed by atoms with E-state index < -0.39 is 23.8 Å². The zero-order chi connectivity index (χ0) is 20.4. The number of β-amino-alcohol motifs (C(OH)–C–C–N with tert-alkyl or cyclic N) is 1. The fraction of sp³-hybridized carbons (Fsp3) is 0.273. The van der Waals surface area contributed by atoms with Crippen LogP contribution in [0, 0.1) is 11.6 Å². The molecule has 0 unspecified atom stereocenters. The molecular formula is C22H20F2N2O3. The lowest BCUT2D eigenvalue weighted by atomic mass is 10.0. The number of aromatic nitrogens is 1. The zero-order valence-corrected chi connectivity index (χ0v) is 15.6. The van der Waals surface area contributed by atoms with Crippen molar-refractivity contribution in [2.45, 2.75) is 25.0 Å². The van der Waals surface area contributed by atoms with E-state index in [0.717, 1.165) is 29.0 Å². The Labute approximate surface area is 166 Å². The Morgan fingerprint density at radius 1 is 1.21 bits per heavy atom. The number of rotatable bonds is 4. The number of aliphatic hydroxyl groups excluding tert-OH is 1. The quantitative estimate of drug-likeness (QED) is 0.734. The number of carbonyl (C=O) groups is 1. The number of likely N-dealkylation sites (tertiary alicyclic amines) is 1. The molecule has 0 spiro atoms. The molecule has 1 saturated heterocycles. The van der Waals surface area contributed by atoms with E-state index in [1.165, 1.54) is 4.90 Å². The summed E-state index contributed by atoms with van der Waals surface area (Å²) in [6.07, 6.45) is 2.44. The van der Waals surface area contributed by atoms with Crippen LogP contribution in [-0.2, 0) is 11.2 Å². The molecule has 2 aromatic carbocycles.